The summed E-state index contributed by atoms with van der Waals surface area (Å²) in [6, 6.07) is 4.33. The van der Waals surface area contributed by atoms with Gasteiger partial charge in [-0.15, -0.1) is 0 Å². The Morgan fingerprint density at radius 1 is 1.53 bits per heavy atom. The van der Waals surface area contributed by atoms with Gasteiger partial charge in [-0.1, -0.05) is 12.5 Å². The van der Waals surface area contributed by atoms with E-state index in [2.05, 4.69) is 16.0 Å². The number of aliphatic carboxylic acids is 1. The molecule has 1 aromatic rings. The fourth-order valence-corrected chi connectivity index (χ4v) is 3.75. The van der Waals surface area contributed by atoms with Gasteiger partial charge in [-0.25, -0.2) is 0 Å². The summed E-state index contributed by atoms with van der Waals surface area (Å²) in [5, 5.41) is 9.56. The van der Waals surface area contributed by atoms with Crippen LogP contribution in [0.5, 0.6) is 0 Å². The number of rotatable bonds is 3. The van der Waals surface area contributed by atoms with E-state index in [4.69, 9.17) is 0 Å². The third-order valence-corrected chi connectivity index (χ3v) is 4.81. The molecule has 1 aliphatic heterocycles. The maximum Gasteiger partial charge on any atom is 0.311 e. The van der Waals surface area contributed by atoms with E-state index in [9.17, 15) is 9.90 Å². The normalized spacial score (nSPS) is 30.5. The highest BCUT2D eigenvalue weighted by atomic mass is 16.4. The third-order valence-electron chi connectivity index (χ3n) is 4.81. The van der Waals surface area contributed by atoms with E-state index in [1.807, 2.05) is 19.2 Å². The quantitative estimate of drug-likeness (QED) is 0.905. The van der Waals surface area contributed by atoms with Gasteiger partial charge in [0.2, 0.25) is 0 Å². The summed E-state index contributed by atoms with van der Waals surface area (Å²) in [6.07, 6.45) is 5.61. The van der Waals surface area contributed by atoms with E-state index in [1.54, 1.807) is 0 Å². The number of carboxylic acid groups (broad SMARTS) is 1. The van der Waals surface area contributed by atoms with Crippen LogP contribution in [-0.4, -0.2) is 33.5 Å². The van der Waals surface area contributed by atoms with Crippen molar-refractivity contribution in [2.24, 2.45) is 5.41 Å². The minimum atomic E-state index is -0.598. The Morgan fingerprint density at radius 2 is 2.37 bits per heavy atom. The van der Waals surface area contributed by atoms with E-state index in [-0.39, 0.29) is 6.04 Å². The first-order valence-electron chi connectivity index (χ1n) is 7.01. The molecule has 1 saturated heterocycles. The van der Waals surface area contributed by atoms with Gasteiger partial charge in [0, 0.05) is 24.5 Å². The average Bonchev–Trinajstić information content (AvgIpc) is 2.93. The number of carbonyl (C=O) groups is 1. The maximum absolute atomic E-state index is 11.6. The molecule has 0 unspecified atom stereocenters. The first-order valence-corrected chi connectivity index (χ1v) is 7.01. The lowest BCUT2D eigenvalue weighted by Crippen LogP contribution is -2.40. The molecule has 0 amide bonds. The molecular weight excluding hydrogens is 240 g/mol. The highest BCUT2D eigenvalue weighted by molar-refractivity contribution is 5.76. The number of aryl methyl sites for hydroxylation is 1. The summed E-state index contributed by atoms with van der Waals surface area (Å²) >= 11 is 0. The smallest absolute Gasteiger partial charge is 0.311 e. The van der Waals surface area contributed by atoms with Crippen molar-refractivity contribution < 1.29 is 9.90 Å². The molecule has 2 aliphatic rings. The number of aromatic nitrogens is 1. The van der Waals surface area contributed by atoms with Crippen LogP contribution in [0.3, 0.4) is 0 Å². The van der Waals surface area contributed by atoms with Crippen molar-refractivity contribution in [3.05, 3.63) is 29.6 Å². The summed E-state index contributed by atoms with van der Waals surface area (Å²) in [6.45, 7) is 3.70. The van der Waals surface area contributed by atoms with E-state index in [1.165, 1.54) is 5.56 Å². The van der Waals surface area contributed by atoms with Gasteiger partial charge < -0.3 is 5.11 Å². The second-order valence-electron chi connectivity index (χ2n) is 5.90. The minimum Gasteiger partial charge on any atom is -0.481 e. The van der Waals surface area contributed by atoms with Crippen molar-refractivity contribution in [3.63, 3.8) is 0 Å². The first kappa shape index (κ1) is 12.6. The molecule has 0 radical (unpaired) electrons. The highest BCUT2D eigenvalue weighted by Crippen LogP contribution is 2.49. The lowest BCUT2D eigenvalue weighted by Gasteiger charge is -2.28. The Morgan fingerprint density at radius 3 is 3.05 bits per heavy atom. The molecule has 0 spiro atoms. The van der Waals surface area contributed by atoms with Crippen molar-refractivity contribution in [2.45, 2.75) is 45.2 Å². The molecule has 102 valence electrons. The Kier molecular flexibility index (Phi) is 3.05. The third kappa shape index (κ3) is 2.04. The zero-order valence-electron chi connectivity index (χ0n) is 11.3. The lowest BCUT2D eigenvalue weighted by atomic mass is 9.82. The fourth-order valence-electron chi connectivity index (χ4n) is 3.75. The molecule has 4 heteroatoms. The molecule has 2 fully saturated rings. The van der Waals surface area contributed by atoms with Crippen LogP contribution >= 0.6 is 0 Å². The summed E-state index contributed by atoms with van der Waals surface area (Å²) in [5.41, 5.74) is 1.72. The van der Waals surface area contributed by atoms with Crippen molar-refractivity contribution in [3.8, 4) is 0 Å². The van der Waals surface area contributed by atoms with Gasteiger partial charge >= 0.3 is 5.97 Å². The number of likely N-dealkylation sites (tertiary alicyclic amines) is 1. The minimum absolute atomic E-state index is 0.214. The topological polar surface area (TPSA) is 53.4 Å². The summed E-state index contributed by atoms with van der Waals surface area (Å²) in [4.78, 5) is 18.3. The summed E-state index contributed by atoms with van der Waals surface area (Å²) in [7, 11) is 0. The second-order valence-corrected chi connectivity index (χ2v) is 5.90. The molecule has 2 atom stereocenters. The van der Waals surface area contributed by atoms with Gasteiger partial charge in [-0.2, -0.15) is 0 Å². The molecule has 0 bridgehead atoms. The van der Waals surface area contributed by atoms with Crippen LogP contribution < -0.4 is 0 Å². The molecule has 0 aromatic carbocycles. The molecule has 1 aliphatic carbocycles. The van der Waals surface area contributed by atoms with Crippen molar-refractivity contribution in [2.75, 3.05) is 6.54 Å². The standard InChI is InChI=1S/C15H20N2O2/c1-11-4-5-12(9-16-11)10-17-8-7-15(14(18)19)6-2-3-13(15)17/h4-5,9,13H,2-3,6-8,10H2,1H3,(H,18,19)/t13-,15+/m0/s1. The first-order chi connectivity index (χ1) is 9.12. The molecule has 3 rings (SSSR count). The van der Waals surface area contributed by atoms with Crippen LogP contribution in [0.2, 0.25) is 0 Å². The molecular formula is C15H20N2O2. The van der Waals surface area contributed by atoms with Gasteiger partial charge in [0.1, 0.15) is 0 Å². The van der Waals surface area contributed by atoms with E-state index >= 15 is 0 Å². The lowest BCUT2D eigenvalue weighted by molar-refractivity contribution is -0.149. The fraction of sp³-hybridized carbons (Fsp3) is 0.600. The van der Waals surface area contributed by atoms with Crippen LogP contribution in [0.1, 0.15) is 36.9 Å². The van der Waals surface area contributed by atoms with Crippen molar-refractivity contribution in [1.82, 2.24) is 9.88 Å². The molecule has 19 heavy (non-hydrogen) atoms. The predicted octanol–water partition coefficient (Wildman–Crippen LogP) is 2.22. The molecule has 2 heterocycles. The summed E-state index contributed by atoms with van der Waals surface area (Å²) in [5.74, 6) is -0.598. The number of hydrogen-bond acceptors (Lipinski definition) is 3. The number of carboxylic acids is 1. The van der Waals surface area contributed by atoms with E-state index < -0.39 is 11.4 Å². The van der Waals surface area contributed by atoms with Crippen LogP contribution in [0.15, 0.2) is 18.3 Å². The Labute approximate surface area is 113 Å². The number of nitrogens with zero attached hydrogens (tertiary/aromatic N) is 2. The number of pyridine rings is 1. The maximum atomic E-state index is 11.6. The molecule has 1 aromatic heterocycles. The molecule has 4 nitrogen and oxygen atoms in total. The zero-order chi connectivity index (χ0) is 13.5. The monoisotopic (exact) mass is 260 g/mol. The second kappa shape index (κ2) is 4.60. The van der Waals surface area contributed by atoms with Crippen molar-refractivity contribution in [1.29, 1.82) is 0 Å². The number of hydrogen-bond donors (Lipinski definition) is 1. The zero-order valence-corrected chi connectivity index (χ0v) is 11.3. The van der Waals surface area contributed by atoms with E-state index in [0.717, 1.165) is 44.5 Å². The Bertz CT molecular complexity index is 485. The summed E-state index contributed by atoms with van der Waals surface area (Å²) < 4.78 is 0. The van der Waals surface area contributed by atoms with Crippen LogP contribution in [0, 0.1) is 12.3 Å². The van der Waals surface area contributed by atoms with Gasteiger partial charge in [-0.3, -0.25) is 14.7 Å². The predicted molar refractivity (Wildman–Crippen MR) is 71.7 cm³/mol. The SMILES string of the molecule is Cc1ccc(CN2CC[C@]3(C(=O)O)CCC[C@H]23)cn1. The van der Waals surface area contributed by atoms with Gasteiger partial charge in [0.05, 0.1) is 5.41 Å². The highest BCUT2D eigenvalue weighted by Gasteiger charge is 2.55. The van der Waals surface area contributed by atoms with Gasteiger partial charge in [0.25, 0.3) is 0 Å². The van der Waals surface area contributed by atoms with Crippen LogP contribution in [0.25, 0.3) is 0 Å². The van der Waals surface area contributed by atoms with Crippen molar-refractivity contribution >= 4 is 5.97 Å². The van der Waals surface area contributed by atoms with Crippen LogP contribution in [0.4, 0.5) is 0 Å². The van der Waals surface area contributed by atoms with Crippen LogP contribution in [-0.2, 0) is 11.3 Å². The number of fused-ring (bicyclic) bond motifs is 1. The van der Waals surface area contributed by atoms with Gasteiger partial charge in [-0.05, 0) is 44.4 Å². The molecule has 1 saturated carbocycles. The Balaban J connectivity index is 1.77. The average molecular weight is 260 g/mol. The molecule has 1 N–H and O–H groups in total. The Hall–Kier alpha value is -1.42. The largest absolute Gasteiger partial charge is 0.481 e. The van der Waals surface area contributed by atoms with Gasteiger partial charge in [0.15, 0.2) is 0 Å². The van der Waals surface area contributed by atoms with E-state index in [0.29, 0.717) is 0 Å².